The van der Waals surface area contributed by atoms with Crippen LogP contribution in [-0.2, 0) is 0 Å². The van der Waals surface area contributed by atoms with Crippen molar-refractivity contribution in [3.8, 4) is 0 Å². The summed E-state index contributed by atoms with van der Waals surface area (Å²) in [7, 11) is 0. The molecule has 0 radical (unpaired) electrons. The molecule has 0 atom stereocenters. The van der Waals surface area contributed by atoms with Crippen molar-refractivity contribution in [1.29, 1.82) is 0 Å². The van der Waals surface area contributed by atoms with Gasteiger partial charge in [0, 0.05) is 10.5 Å². The van der Waals surface area contributed by atoms with Gasteiger partial charge >= 0.3 is 5.69 Å². The van der Waals surface area contributed by atoms with Gasteiger partial charge in [-0.3, -0.25) is 25.7 Å². The van der Waals surface area contributed by atoms with Crippen LogP contribution in [0.15, 0.2) is 52.0 Å². The van der Waals surface area contributed by atoms with Gasteiger partial charge in [0.1, 0.15) is 5.69 Å². The normalized spacial score (nSPS) is 11.1. The van der Waals surface area contributed by atoms with Crippen LogP contribution in [0, 0.1) is 20.2 Å². The van der Waals surface area contributed by atoms with Crippen molar-refractivity contribution in [3.63, 3.8) is 0 Å². The Morgan fingerprint density at radius 2 is 1.87 bits per heavy atom. The van der Waals surface area contributed by atoms with E-state index in [4.69, 9.17) is 0 Å². The molecule has 0 amide bonds. The number of nitro benzene ring substituents is 2. The SMILES string of the molecule is C/C(=N/Nc1ccc([N+](=O)[O-])cc1[N+](=O)[O-])c1cccc(Br)c1. The second-order valence-electron chi connectivity index (χ2n) is 4.54. The zero-order valence-corrected chi connectivity index (χ0v) is 13.5. The minimum Gasteiger partial charge on any atom is -0.271 e. The van der Waals surface area contributed by atoms with Gasteiger partial charge in [-0.1, -0.05) is 28.1 Å². The van der Waals surface area contributed by atoms with Crippen molar-refractivity contribution in [3.05, 3.63) is 72.7 Å². The minimum absolute atomic E-state index is 0.0787. The lowest BCUT2D eigenvalue weighted by atomic mass is 10.1. The van der Waals surface area contributed by atoms with E-state index in [0.717, 1.165) is 16.1 Å². The lowest BCUT2D eigenvalue weighted by Gasteiger charge is -2.05. The van der Waals surface area contributed by atoms with Gasteiger partial charge in [-0.2, -0.15) is 5.10 Å². The number of nitrogens with one attached hydrogen (secondary N) is 1. The molecule has 9 heteroatoms. The van der Waals surface area contributed by atoms with Crippen molar-refractivity contribution >= 4 is 38.7 Å². The quantitative estimate of drug-likeness (QED) is 0.478. The minimum atomic E-state index is -0.695. The molecule has 0 aromatic heterocycles. The smallest absolute Gasteiger partial charge is 0.271 e. The number of hydrazone groups is 1. The van der Waals surface area contributed by atoms with Crippen LogP contribution in [-0.4, -0.2) is 15.6 Å². The highest BCUT2D eigenvalue weighted by Gasteiger charge is 2.19. The van der Waals surface area contributed by atoms with Crippen LogP contribution in [0.3, 0.4) is 0 Å². The lowest BCUT2D eigenvalue weighted by Crippen LogP contribution is -2.02. The van der Waals surface area contributed by atoms with Gasteiger partial charge in [-0.25, -0.2) is 0 Å². The molecule has 0 fully saturated rings. The fourth-order valence-corrected chi connectivity index (χ4v) is 2.20. The van der Waals surface area contributed by atoms with E-state index in [1.54, 1.807) is 6.92 Å². The molecule has 0 saturated heterocycles. The Morgan fingerprint density at radius 3 is 2.48 bits per heavy atom. The Balaban J connectivity index is 2.31. The first-order valence-corrected chi connectivity index (χ1v) is 7.17. The molecule has 0 bridgehead atoms. The zero-order chi connectivity index (χ0) is 17.0. The molecule has 2 rings (SSSR count). The van der Waals surface area contributed by atoms with E-state index < -0.39 is 15.5 Å². The maximum absolute atomic E-state index is 11.0. The van der Waals surface area contributed by atoms with E-state index in [1.807, 2.05) is 24.3 Å². The third-order valence-electron chi connectivity index (χ3n) is 2.98. The molecule has 23 heavy (non-hydrogen) atoms. The molecule has 2 aromatic carbocycles. The Bertz CT molecular complexity index is 807. The Morgan fingerprint density at radius 1 is 1.13 bits per heavy atom. The van der Waals surface area contributed by atoms with Crippen molar-refractivity contribution in [2.75, 3.05) is 5.43 Å². The number of nitro groups is 2. The third-order valence-corrected chi connectivity index (χ3v) is 3.47. The van der Waals surface area contributed by atoms with Crippen LogP contribution < -0.4 is 5.43 Å². The average molecular weight is 379 g/mol. The first kappa shape index (κ1) is 16.6. The maximum Gasteiger partial charge on any atom is 0.301 e. The molecule has 118 valence electrons. The number of anilines is 1. The van der Waals surface area contributed by atoms with E-state index in [1.165, 1.54) is 12.1 Å². The van der Waals surface area contributed by atoms with Crippen LogP contribution in [0.2, 0.25) is 0 Å². The van der Waals surface area contributed by atoms with Crippen LogP contribution in [0.1, 0.15) is 12.5 Å². The van der Waals surface area contributed by atoms with Crippen LogP contribution >= 0.6 is 15.9 Å². The summed E-state index contributed by atoms with van der Waals surface area (Å²) in [4.78, 5) is 20.4. The number of hydrogen-bond acceptors (Lipinski definition) is 6. The highest BCUT2D eigenvalue weighted by Crippen LogP contribution is 2.29. The van der Waals surface area contributed by atoms with Crippen LogP contribution in [0.4, 0.5) is 17.1 Å². The summed E-state index contributed by atoms with van der Waals surface area (Å²) in [5.41, 5.74) is 3.34. The number of non-ortho nitro benzene ring substituents is 1. The van der Waals surface area contributed by atoms with Crippen molar-refractivity contribution in [2.24, 2.45) is 5.10 Å². The average Bonchev–Trinajstić information content (AvgIpc) is 2.52. The van der Waals surface area contributed by atoms with Crippen LogP contribution in [0.5, 0.6) is 0 Å². The molecule has 0 spiro atoms. The highest BCUT2D eigenvalue weighted by molar-refractivity contribution is 9.10. The number of nitrogens with zero attached hydrogens (tertiary/aromatic N) is 3. The van der Waals surface area contributed by atoms with Gasteiger partial charge in [0.25, 0.3) is 5.69 Å². The molecule has 8 nitrogen and oxygen atoms in total. The molecule has 0 heterocycles. The molecular formula is C14H11BrN4O4. The first-order chi connectivity index (χ1) is 10.9. The standard InChI is InChI=1S/C14H11BrN4O4/c1-9(10-3-2-4-11(15)7-10)16-17-13-6-5-12(18(20)21)8-14(13)19(22)23/h2-8,17H,1H3/b16-9-. The van der Waals surface area contributed by atoms with Gasteiger partial charge in [0.15, 0.2) is 0 Å². The fourth-order valence-electron chi connectivity index (χ4n) is 1.80. The van der Waals surface area contributed by atoms with Crippen LogP contribution in [0.25, 0.3) is 0 Å². The fraction of sp³-hybridized carbons (Fsp3) is 0.0714. The predicted molar refractivity (Wildman–Crippen MR) is 89.7 cm³/mol. The second kappa shape index (κ2) is 6.97. The van der Waals surface area contributed by atoms with Gasteiger partial charge in [-0.15, -0.1) is 0 Å². The van der Waals surface area contributed by atoms with Gasteiger partial charge in [-0.05, 0) is 30.7 Å². The molecule has 1 N–H and O–H groups in total. The Hall–Kier alpha value is -2.81. The van der Waals surface area contributed by atoms with Gasteiger partial charge in [0.05, 0.1) is 21.6 Å². The molecule has 0 unspecified atom stereocenters. The van der Waals surface area contributed by atoms with E-state index in [-0.39, 0.29) is 11.4 Å². The summed E-state index contributed by atoms with van der Waals surface area (Å²) in [5.74, 6) is 0. The summed E-state index contributed by atoms with van der Waals surface area (Å²) >= 11 is 3.35. The largest absolute Gasteiger partial charge is 0.301 e. The summed E-state index contributed by atoms with van der Waals surface area (Å²) in [5, 5.41) is 25.8. The van der Waals surface area contributed by atoms with E-state index in [9.17, 15) is 20.2 Å². The molecule has 0 aliphatic heterocycles. The Labute approximate surface area is 139 Å². The van der Waals surface area contributed by atoms with Crippen molar-refractivity contribution < 1.29 is 9.85 Å². The lowest BCUT2D eigenvalue weighted by molar-refractivity contribution is -0.393. The zero-order valence-electron chi connectivity index (χ0n) is 11.9. The number of benzene rings is 2. The molecule has 0 saturated carbocycles. The predicted octanol–water partition coefficient (Wildman–Crippen LogP) is 4.10. The molecule has 2 aromatic rings. The monoisotopic (exact) mass is 378 g/mol. The maximum atomic E-state index is 11.0. The van der Waals surface area contributed by atoms with E-state index >= 15 is 0 Å². The summed E-state index contributed by atoms with van der Waals surface area (Å²) in [6.45, 7) is 1.74. The third kappa shape index (κ3) is 4.10. The summed E-state index contributed by atoms with van der Waals surface area (Å²) < 4.78 is 0.880. The number of halogens is 1. The summed E-state index contributed by atoms with van der Waals surface area (Å²) in [6, 6.07) is 10.7. The van der Waals surface area contributed by atoms with Crippen molar-refractivity contribution in [1.82, 2.24) is 0 Å². The Kier molecular flexibility index (Phi) is 5.02. The second-order valence-corrected chi connectivity index (χ2v) is 5.45. The number of rotatable bonds is 5. The topological polar surface area (TPSA) is 111 Å². The van der Waals surface area contributed by atoms with Gasteiger partial charge < -0.3 is 0 Å². The molecule has 0 aliphatic rings. The highest BCUT2D eigenvalue weighted by atomic mass is 79.9. The van der Waals surface area contributed by atoms with E-state index in [0.29, 0.717) is 5.71 Å². The van der Waals surface area contributed by atoms with Gasteiger partial charge in [0.2, 0.25) is 0 Å². The number of hydrogen-bond donors (Lipinski definition) is 1. The van der Waals surface area contributed by atoms with Crippen molar-refractivity contribution in [2.45, 2.75) is 6.92 Å². The molecule has 0 aliphatic carbocycles. The molecular weight excluding hydrogens is 368 g/mol. The van der Waals surface area contributed by atoms with E-state index in [2.05, 4.69) is 26.5 Å². The first-order valence-electron chi connectivity index (χ1n) is 6.37. The summed E-state index contributed by atoms with van der Waals surface area (Å²) in [6.07, 6.45) is 0.